The van der Waals surface area contributed by atoms with Gasteiger partial charge in [-0.25, -0.2) is 0 Å². The van der Waals surface area contributed by atoms with E-state index in [0.29, 0.717) is 6.42 Å². The fraction of sp³-hybridized carbons (Fsp3) is 0.857. The van der Waals surface area contributed by atoms with E-state index < -0.39 is 5.97 Å². The Morgan fingerprint density at radius 2 is 1.33 bits per heavy atom. The van der Waals surface area contributed by atoms with Gasteiger partial charge in [0.1, 0.15) is 0 Å². The number of hydrogen-bond donors (Lipinski definition) is 0. The molecule has 0 N–H and O–H groups in total. The van der Waals surface area contributed by atoms with Gasteiger partial charge in [-0.1, -0.05) is 58.3 Å². The molecule has 0 aromatic heterocycles. The van der Waals surface area contributed by atoms with Crippen molar-refractivity contribution in [2.45, 2.75) is 78.1 Å². The fourth-order valence-electron chi connectivity index (χ4n) is 1.79. The zero-order chi connectivity index (χ0) is 12.9. The number of unbranched alkanes of at least 4 members (excludes halogenated alkanes) is 8. The molecule has 0 aliphatic rings. The third-order valence-corrected chi connectivity index (χ3v) is 2.74. The van der Waals surface area contributed by atoms with Gasteiger partial charge in [-0.15, -0.1) is 0 Å². The van der Waals surface area contributed by atoms with Crippen LogP contribution in [0.4, 0.5) is 0 Å². The molecule has 0 amide bonds. The summed E-state index contributed by atoms with van der Waals surface area (Å²) in [6.45, 7) is 3.48. The van der Waals surface area contributed by atoms with Crippen molar-refractivity contribution >= 4 is 11.9 Å². The largest absolute Gasteiger partial charge is 1.00 e. The van der Waals surface area contributed by atoms with E-state index in [0.717, 1.165) is 12.8 Å². The van der Waals surface area contributed by atoms with E-state index in [-0.39, 0.29) is 37.0 Å². The molecular weight excluding hydrogens is 239 g/mol. The number of esters is 2. The van der Waals surface area contributed by atoms with E-state index in [4.69, 9.17) is 0 Å². The second-order valence-corrected chi connectivity index (χ2v) is 4.54. The van der Waals surface area contributed by atoms with Crippen LogP contribution < -0.4 is 29.6 Å². The molecular formula is C14H27NaO3. The molecule has 0 fully saturated rings. The zero-order valence-electron chi connectivity index (χ0n) is 13.3. The van der Waals surface area contributed by atoms with Crippen LogP contribution in [0, 0.1) is 0 Å². The smallest absolute Gasteiger partial charge is 1.00 e. The van der Waals surface area contributed by atoms with Crippen LogP contribution in [0.5, 0.6) is 0 Å². The zero-order valence-corrected chi connectivity index (χ0v) is 14.3. The van der Waals surface area contributed by atoms with Gasteiger partial charge in [0.2, 0.25) is 0 Å². The molecule has 4 heteroatoms. The van der Waals surface area contributed by atoms with Crippen LogP contribution in [0.1, 0.15) is 79.5 Å². The molecule has 0 rings (SSSR count). The summed E-state index contributed by atoms with van der Waals surface area (Å²) in [6, 6.07) is 0. The van der Waals surface area contributed by atoms with E-state index in [2.05, 4.69) is 11.7 Å². The van der Waals surface area contributed by atoms with Gasteiger partial charge < -0.3 is 6.16 Å². The van der Waals surface area contributed by atoms with Crippen molar-refractivity contribution in [1.29, 1.82) is 0 Å². The second kappa shape index (κ2) is 15.2. The Labute approximate surface area is 135 Å². The molecule has 0 aliphatic carbocycles. The van der Waals surface area contributed by atoms with E-state index in [1.54, 1.807) is 0 Å². The van der Waals surface area contributed by atoms with Crippen molar-refractivity contribution in [3.63, 3.8) is 0 Å². The Morgan fingerprint density at radius 3 is 1.78 bits per heavy atom. The van der Waals surface area contributed by atoms with Crippen LogP contribution in [0.3, 0.4) is 0 Å². The van der Waals surface area contributed by atoms with Gasteiger partial charge in [0.15, 0.2) is 0 Å². The molecule has 18 heavy (non-hydrogen) atoms. The van der Waals surface area contributed by atoms with Crippen LogP contribution in [0.2, 0.25) is 0 Å². The molecule has 0 aromatic rings. The Kier molecular flexibility index (Phi) is 17.3. The molecule has 0 unspecified atom stereocenters. The second-order valence-electron chi connectivity index (χ2n) is 4.54. The summed E-state index contributed by atoms with van der Waals surface area (Å²) in [7, 11) is 0. The first-order chi connectivity index (χ1) is 8.16. The summed E-state index contributed by atoms with van der Waals surface area (Å²) < 4.78 is 4.44. The standard InChI is InChI=1S/C14H26O3.Na.H/c1-3-4-5-6-7-8-9-10-11-12-14(16)17-13(2)15;;/h3-12H2,1-2H3;;/q;+1;-1. The maximum Gasteiger partial charge on any atom is 1.00 e. The molecule has 0 aromatic carbocycles. The third-order valence-electron chi connectivity index (χ3n) is 2.74. The quantitative estimate of drug-likeness (QED) is 0.257. The average Bonchev–Trinajstić information content (AvgIpc) is 2.26. The van der Waals surface area contributed by atoms with Crippen molar-refractivity contribution < 1.29 is 45.3 Å². The summed E-state index contributed by atoms with van der Waals surface area (Å²) in [5, 5.41) is 0. The summed E-state index contributed by atoms with van der Waals surface area (Å²) in [6.07, 6.45) is 11.3. The maximum absolute atomic E-state index is 11.0. The number of ether oxygens (including phenoxy) is 1. The number of hydrogen-bond acceptors (Lipinski definition) is 3. The minimum absolute atomic E-state index is 0. The summed E-state index contributed by atoms with van der Waals surface area (Å²) in [5.41, 5.74) is 0. The fourth-order valence-corrected chi connectivity index (χ4v) is 1.79. The topological polar surface area (TPSA) is 43.4 Å². The first-order valence-electron chi connectivity index (χ1n) is 6.88. The molecule has 0 aliphatic heterocycles. The predicted molar refractivity (Wildman–Crippen MR) is 69.7 cm³/mol. The van der Waals surface area contributed by atoms with Gasteiger partial charge in [-0.2, -0.15) is 0 Å². The Balaban J connectivity index is -0.00000128. The monoisotopic (exact) mass is 266 g/mol. The predicted octanol–water partition coefficient (Wildman–Crippen LogP) is 1.11. The van der Waals surface area contributed by atoms with Crippen molar-refractivity contribution in [2.24, 2.45) is 0 Å². The number of carbonyl (C=O) groups excluding carboxylic acids is 2. The SMILES string of the molecule is CCCCCCCCCCCC(=O)OC(C)=O.[H-].[Na+]. The normalized spacial score (nSPS) is 9.67. The summed E-state index contributed by atoms with van der Waals surface area (Å²) in [5.74, 6) is -0.897. The van der Waals surface area contributed by atoms with Crippen LogP contribution in [-0.4, -0.2) is 11.9 Å². The minimum atomic E-state index is -0.508. The maximum atomic E-state index is 11.0. The number of carbonyl (C=O) groups is 2. The van der Waals surface area contributed by atoms with E-state index in [9.17, 15) is 9.59 Å². The van der Waals surface area contributed by atoms with Gasteiger partial charge in [0, 0.05) is 13.3 Å². The summed E-state index contributed by atoms with van der Waals surface area (Å²) >= 11 is 0. The molecule has 0 atom stereocenters. The van der Waals surface area contributed by atoms with Crippen molar-refractivity contribution in [3.05, 3.63) is 0 Å². The molecule has 0 saturated carbocycles. The Hall–Kier alpha value is 0.140. The molecule has 0 saturated heterocycles. The Morgan fingerprint density at radius 1 is 0.889 bits per heavy atom. The van der Waals surface area contributed by atoms with Crippen LogP contribution in [-0.2, 0) is 14.3 Å². The van der Waals surface area contributed by atoms with E-state index in [1.165, 1.54) is 51.9 Å². The van der Waals surface area contributed by atoms with Crippen LogP contribution >= 0.6 is 0 Å². The molecule has 3 nitrogen and oxygen atoms in total. The molecule has 102 valence electrons. The van der Waals surface area contributed by atoms with Gasteiger partial charge in [0.25, 0.3) is 0 Å². The molecule has 0 spiro atoms. The van der Waals surface area contributed by atoms with Crippen molar-refractivity contribution in [1.82, 2.24) is 0 Å². The van der Waals surface area contributed by atoms with Crippen LogP contribution in [0.25, 0.3) is 0 Å². The van der Waals surface area contributed by atoms with E-state index >= 15 is 0 Å². The van der Waals surface area contributed by atoms with Gasteiger partial charge >= 0.3 is 41.5 Å². The van der Waals surface area contributed by atoms with Gasteiger partial charge in [0.05, 0.1) is 0 Å². The summed E-state index contributed by atoms with van der Waals surface area (Å²) in [4.78, 5) is 21.5. The minimum Gasteiger partial charge on any atom is -1.00 e. The molecule has 0 radical (unpaired) electrons. The molecule has 0 heterocycles. The number of rotatable bonds is 10. The first kappa shape index (κ1) is 20.5. The van der Waals surface area contributed by atoms with Crippen molar-refractivity contribution in [3.8, 4) is 0 Å². The van der Waals surface area contributed by atoms with Crippen molar-refractivity contribution in [2.75, 3.05) is 0 Å². The van der Waals surface area contributed by atoms with Gasteiger partial charge in [-0.3, -0.25) is 9.59 Å². The third kappa shape index (κ3) is 16.1. The van der Waals surface area contributed by atoms with E-state index in [1.807, 2.05) is 0 Å². The first-order valence-corrected chi connectivity index (χ1v) is 6.88. The van der Waals surface area contributed by atoms with Crippen LogP contribution in [0.15, 0.2) is 0 Å². The molecule has 0 bridgehead atoms. The average molecular weight is 266 g/mol. The van der Waals surface area contributed by atoms with Gasteiger partial charge in [-0.05, 0) is 6.42 Å². The Bertz CT molecular complexity index is 223.